The van der Waals surface area contributed by atoms with E-state index in [0.717, 1.165) is 11.8 Å². The average Bonchev–Trinajstić information content (AvgIpc) is 3.27. The monoisotopic (exact) mass is 439 g/mol. The van der Waals surface area contributed by atoms with Crippen molar-refractivity contribution >= 4 is 5.65 Å². The third-order valence-electron chi connectivity index (χ3n) is 5.36. The van der Waals surface area contributed by atoms with Crippen LogP contribution in [0.15, 0.2) is 84.2 Å². The van der Waals surface area contributed by atoms with Gasteiger partial charge in [0.2, 0.25) is 5.65 Å². The van der Waals surface area contributed by atoms with Gasteiger partial charge in [0.1, 0.15) is 11.6 Å². The molecule has 0 saturated heterocycles. The molecule has 0 saturated carbocycles. The minimum absolute atomic E-state index is 0.0293. The molecule has 0 radical (unpaired) electrons. The number of hydrogen-bond donors (Lipinski definition) is 0. The Kier molecular flexibility index (Phi) is 4.99. The Hall–Kier alpha value is -4.64. The van der Waals surface area contributed by atoms with E-state index in [1.165, 1.54) is 29.0 Å². The maximum Gasteiger partial charge on any atom is 0.294 e. The lowest BCUT2D eigenvalue weighted by atomic mass is 9.97. The van der Waals surface area contributed by atoms with Gasteiger partial charge in [-0.3, -0.25) is 14.2 Å². The molecule has 0 unspecified atom stereocenters. The van der Waals surface area contributed by atoms with Crippen LogP contribution in [0, 0.1) is 23.0 Å². The molecule has 33 heavy (non-hydrogen) atoms. The predicted octanol–water partition coefficient (Wildman–Crippen LogP) is 4.42. The Bertz CT molecular complexity index is 1600. The molecule has 0 N–H and O–H groups in total. The summed E-state index contributed by atoms with van der Waals surface area (Å²) in [5, 5.41) is 9.36. The van der Waals surface area contributed by atoms with Crippen LogP contribution in [0.5, 0.6) is 0 Å². The lowest BCUT2D eigenvalue weighted by molar-refractivity contribution is 0.625. The number of rotatable bonds is 4. The Morgan fingerprint density at radius 1 is 0.970 bits per heavy atom. The van der Waals surface area contributed by atoms with Gasteiger partial charge in [0.25, 0.3) is 5.56 Å². The van der Waals surface area contributed by atoms with Crippen LogP contribution in [0.1, 0.15) is 11.3 Å². The fraction of sp³-hybridized carbons (Fsp3) is 0.0400. The molecule has 8 heteroatoms. The highest BCUT2D eigenvalue weighted by Crippen LogP contribution is 2.31. The number of pyridine rings is 1. The van der Waals surface area contributed by atoms with Gasteiger partial charge in [0.05, 0.1) is 35.8 Å². The molecule has 5 rings (SSSR count). The number of halogens is 2. The van der Waals surface area contributed by atoms with Gasteiger partial charge in [-0.15, -0.1) is 0 Å². The minimum atomic E-state index is -0.573. The van der Waals surface area contributed by atoms with Crippen molar-refractivity contribution in [2.45, 2.75) is 6.54 Å². The molecule has 0 aliphatic heterocycles. The van der Waals surface area contributed by atoms with Gasteiger partial charge >= 0.3 is 0 Å². The van der Waals surface area contributed by atoms with E-state index in [-0.39, 0.29) is 27.9 Å². The zero-order chi connectivity index (χ0) is 22.9. The van der Waals surface area contributed by atoms with Crippen LogP contribution in [-0.2, 0) is 6.54 Å². The van der Waals surface area contributed by atoms with Gasteiger partial charge in [-0.05, 0) is 42.5 Å². The van der Waals surface area contributed by atoms with Crippen molar-refractivity contribution in [3.05, 3.63) is 113 Å². The number of benzene rings is 2. The summed E-state index contributed by atoms with van der Waals surface area (Å²) in [6.07, 6.45) is 6.56. The molecule has 6 nitrogen and oxygen atoms in total. The van der Waals surface area contributed by atoms with E-state index in [9.17, 15) is 18.8 Å². The summed E-state index contributed by atoms with van der Waals surface area (Å²) in [7, 11) is 0. The first-order chi connectivity index (χ1) is 16.0. The first kappa shape index (κ1) is 20.3. The number of nitrogens with zero attached hydrogens (tertiary/aromatic N) is 5. The fourth-order valence-corrected chi connectivity index (χ4v) is 3.75. The van der Waals surface area contributed by atoms with Gasteiger partial charge in [-0.25, -0.2) is 13.8 Å². The Morgan fingerprint density at radius 3 is 2.64 bits per heavy atom. The highest BCUT2D eigenvalue weighted by atomic mass is 19.1. The zero-order valence-corrected chi connectivity index (χ0v) is 17.1. The topological polar surface area (TPSA) is 76.0 Å². The lowest BCUT2D eigenvalue weighted by Crippen LogP contribution is -2.22. The first-order valence-corrected chi connectivity index (χ1v) is 10.0. The molecule has 160 valence electrons. The van der Waals surface area contributed by atoms with Crippen molar-refractivity contribution in [2.75, 3.05) is 0 Å². The van der Waals surface area contributed by atoms with Crippen molar-refractivity contribution in [2.24, 2.45) is 0 Å². The second kappa shape index (κ2) is 8.13. The van der Waals surface area contributed by atoms with Crippen LogP contribution in [0.2, 0.25) is 0 Å². The van der Waals surface area contributed by atoms with E-state index in [1.54, 1.807) is 41.2 Å². The van der Waals surface area contributed by atoms with Crippen molar-refractivity contribution in [1.29, 1.82) is 5.26 Å². The first-order valence-electron chi connectivity index (χ1n) is 10.0. The molecular weight excluding hydrogens is 424 g/mol. The van der Waals surface area contributed by atoms with Crippen LogP contribution >= 0.6 is 0 Å². The molecule has 3 aromatic heterocycles. The van der Waals surface area contributed by atoms with Gasteiger partial charge in [-0.2, -0.15) is 5.26 Å². The second-order valence-corrected chi connectivity index (χ2v) is 7.39. The fourth-order valence-electron chi connectivity index (χ4n) is 3.75. The van der Waals surface area contributed by atoms with Crippen LogP contribution in [-0.4, -0.2) is 18.9 Å². The summed E-state index contributed by atoms with van der Waals surface area (Å²) in [5.74, 6) is -1.12. The van der Waals surface area contributed by atoms with Gasteiger partial charge < -0.3 is 4.57 Å². The van der Waals surface area contributed by atoms with Crippen LogP contribution in [0.3, 0.4) is 0 Å². The van der Waals surface area contributed by atoms with E-state index in [4.69, 9.17) is 0 Å². The number of fused-ring (bicyclic) bond motifs is 1. The van der Waals surface area contributed by atoms with Gasteiger partial charge in [0.15, 0.2) is 0 Å². The quantitative estimate of drug-likeness (QED) is 0.415. The Balaban J connectivity index is 1.59. The standard InChI is InChI=1S/C25H15F2N5O/c26-18-5-6-20(17(11-18)13-28)21-12-16(4-7-22(21)27)23-14-30-24-25(33)31(9-10-32(23)24)15-19-3-1-2-8-29-19/h1-12,14H,15H2. The van der Waals surface area contributed by atoms with E-state index >= 15 is 0 Å². The largest absolute Gasteiger partial charge is 0.305 e. The molecule has 0 amide bonds. The molecule has 3 heterocycles. The summed E-state index contributed by atoms with van der Waals surface area (Å²) in [4.78, 5) is 21.5. The predicted molar refractivity (Wildman–Crippen MR) is 118 cm³/mol. The molecule has 0 bridgehead atoms. The third-order valence-corrected chi connectivity index (χ3v) is 5.36. The number of imidazole rings is 1. The van der Waals surface area contributed by atoms with Crippen molar-refractivity contribution in [3.63, 3.8) is 0 Å². The summed E-state index contributed by atoms with van der Waals surface area (Å²) in [5.41, 5.74) is 2.30. The summed E-state index contributed by atoms with van der Waals surface area (Å²) >= 11 is 0. The van der Waals surface area contributed by atoms with E-state index in [2.05, 4.69) is 9.97 Å². The normalized spacial score (nSPS) is 10.9. The zero-order valence-electron chi connectivity index (χ0n) is 17.1. The van der Waals surface area contributed by atoms with Crippen molar-refractivity contribution in [3.8, 4) is 28.5 Å². The highest BCUT2D eigenvalue weighted by Gasteiger charge is 2.16. The number of aromatic nitrogens is 4. The van der Waals surface area contributed by atoms with E-state index in [0.29, 0.717) is 17.8 Å². The Labute approximate surface area is 186 Å². The Morgan fingerprint density at radius 2 is 1.85 bits per heavy atom. The molecule has 0 spiro atoms. The van der Waals surface area contributed by atoms with Crippen molar-refractivity contribution in [1.82, 2.24) is 18.9 Å². The average molecular weight is 439 g/mol. The third kappa shape index (κ3) is 3.66. The summed E-state index contributed by atoms with van der Waals surface area (Å²) in [6, 6.07) is 15.4. The number of nitriles is 1. The lowest BCUT2D eigenvalue weighted by Gasteiger charge is -2.10. The molecule has 2 aromatic carbocycles. The minimum Gasteiger partial charge on any atom is -0.305 e. The molecule has 0 fully saturated rings. The van der Waals surface area contributed by atoms with Crippen LogP contribution < -0.4 is 5.56 Å². The molecule has 0 aliphatic rings. The summed E-state index contributed by atoms with van der Waals surface area (Å²) in [6.45, 7) is 0.306. The summed E-state index contributed by atoms with van der Waals surface area (Å²) < 4.78 is 31.4. The molecule has 0 atom stereocenters. The highest BCUT2D eigenvalue weighted by molar-refractivity contribution is 5.76. The SMILES string of the molecule is N#Cc1cc(F)ccc1-c1cc(-c2cnc3c(=O)n(Cc4ccccn4)ccn23)ccc1F. The van der Waals surface area contributed by atoms with Crippen LogP contribution in [0.25, 0.3) is 28.0 Å². The van der Waals surface area contributed by atoms with Crippen LogP contribution in [0.4, 0.5) is 8.78 Å². The van der Waals surface area contributed by atoms with E-state index in [1.807, 2.05) is 18.2 Å². The second-order valence-electron chi connectivity index (χ2n) is 7.39. The molecule has 0 aliphatic carbocycles. The number of hydrogen-bond acceptors (Lipinski definition) is 4. The maximum absolute atomic E-state index is 14.7. The maximum atomic E-state index is 14.7. The van der Waals surface area contributed by atoms with Gasteiger partial charge in [-0.1, -0.05) is 12.1 Å². The van der Waals surface area contributed by atoms with Crippen molar-refractivity contribution < 1.29 is 8.78 Å². The molecular formula is C25H15F2N5O. The van der Waals surface area contributed by atoms with Gasteiger partial charge in [0, 0.05) is 35.3 Å². The van der Waals surface area contributed by atoms with E-state index < -0.39 is 11.6 Å². The smallest absolute Gasteiger partial charge is 0.294 e. The molecule has 5 aromatic rings.